The van der Waals surface area contributed by atoms with E-state index in [1.807, 2.05) is 18.2 Å². The van der Waals surface area contributed by atoms with Gasteiger partial charge in [-0.1, -0.05) is 30.7 Å². The third kappa shape index (κ3) is 4.72. The summed E-state index contributed by atoms with van der Waals surface area (Å²) in [5.74, 6) is -0.170. The largest absolute Gasteiger partial charge is 0.481 e. The Labute approximate surface area is 131 Å². The lowest BCUT2D eigenvalue weighted by atomic mass is 9.82. The zero-order valence-electron chi connectivity index (χ0n) is 12.5. The first kappa shape index (κ1) is 16.3. The Hall–Kier alpha value is -1.06. The van der Waals surface area contributed by atoms with E-state index in [9.17, 15) is 4.79 Å². The minimum atomic E-state index is -0.633. The van der Waals surface area contributed by atoms with Gasteiger partial charge in [-0.15, -0.1) is 0 Å². The fourth-order valence-electron chi connectivity index (χ4n) is 3.14. The van der Waals surface area contributed by atoms with Crippen molar-refractivity contribution in [3.8, 4) is 0 Å². The van der Waals surface area contributed by atoms with Gasteiger partial charge in [0.05, 0.1) is 5.92 Å². The van der Waals surface area contributed by atoms with Crippen LogP contribution in [0.3, 0.4) is 0 Å². The number of aliphatic carboxylic acids is 1. The summed E-state index contributed by atoms with van der Waals surface area (Å²) in [6, 6.07) is 8.32. The minimum absolute atomic E-state index is 0.129. The molecule has 0 aliphatic heterocycles. The molecule has 2 N–H and O–H groups in total. The molecule has 1 aromatic rings. The molecule has 1 fully saturated rings. The lowest BCUT2D eigenvalue weighted by Crippen LogP contribution is -2.31. The van der Waals surface area contributed by atoms with Crippen LogP contribution in [0.25, 0.3) is 0 Å². The second-order valence-corrected chi connectivity index (χ2v) is 6.42. The van der Waals surface area contributed by atoms with Crippen LogP contribution in [-0.2, 0) is 4.79 Å². The van der Waals surface area contributed by atoms with E-state index in [1.54, 1.807) is 0 Å². The van der Waals surface area contributed by atoms with E-state index in [0.29, 0.717) is 12.0 Å². The Balaban J connectivity index is 1.83. The molecular formula is C17H24ClNO2. The molecule has 1 aliphatic rings. The topological polar surface area (TPSA) is 49.3 Å². The number of halogens is 1. The van der Waals surface area contributed by atoms with Gasteiger partial charge in [0.15, 0.2) is 0 Å². The van der Waals surface area contributed by atoms with Gasteiger partial charge in [0.25, 0.3) is 0 Å². The molecule has 0 bridgehead atoms. The molecular weight excluding hydrogens is 286 g/mol. The number of nitrogens with one attached hydrogen (secondary N) is 1. The third-order valence-corrected chi connectivity index (χ3v) is 4.74. The molecule has 0 amide bonds. The summed E-state index contributed by atoms with van der Waals surface area (Å²) in [5, 5.41) is 13.4. The van der Waals surface area contributed by atoms with E-state index in [4.69, 9.17) is 16.7 Å². The highest BCUT2D eigenvalue weighted by Gasteiger charge is 2.26. The highest BCUT2D eigenvalue weighted by atomic mass is 35.5. The SMILES string of the molecule is CCC(NCC1CCC(C(=O)O)CC1)c1cccc(Cl)c1. The Morgan fingerprint density at radius 1 is 1.38 bits per heavy atom. The van der Waals surface area contributed by atoms with Crippen LogP contribution in [0, 0.1) is 11.8 Å². The zero-order valence-corrected chi connectivity index (χ0v) is 13.3. The van der Waals surface area contributed by atoms with Gasteiger partial charge in [-0.2, -0.15) is 0 Å². The van der Waals surface area contributed by atoms with Crippen LogP contribution in [-0.4, -0.2) is 17.6 Å². The molecule has 0 radical (unpaired) electrons. The van der Waals surface area contributed by atoms with Crippen LogP contribution < -0.4 is 5.32 Å². The van der Waals surface area contributed by atoms with Gasteiger partial charge in [0, 0.05) is 11.1 Å². The molecule has 21 heavy (non-hydrogen) atoms. The van der Waals surface area contributed by atoms with Gasteiger partial charge >= 0.3 is 5.97 Å². The molecule has 1 atom stereocenters. The number of benzene rings is 1. The van der Waals surface area contributed by atoms with Crippen molar-refractivity contribution in [2.45, 2.75) is 45.1 Å². The first-order chi connectivity index (χ1) is 10.1. The summed E-state index contributed by atoms with van der Waals surface area (Å²) in [4.78, 5) is 11.0. The summed E-state index contributed by atoms with van der Waals surface area (Å²) in [7, 11) is 0. The lowest BCUT2D eigenvalue weighted by Gasteiger charge is -2.28. The molecule has 1 aromatic carbocycles. The van der Waals surface area contributed by atoms with Gasteiger partial charge in [0.2, 0.25) is 0 Å². The average molecular weight is 310 g/mol. The molecule has 4 heteroatoms. The van der Waals surface area contributed by atoms with Crippen LogP contribution in [0.5, 0.6) is 0 Å². The van der Waals surface area contributed by atoms with Gasteiger partial charge in [-0.25, -0.2) is 0 Å². The number of rotatable bonds is 6. The van der Waals surface area contributed by atoms with Gasteiger partial charge < -0.3 is 10.4 Å². The van der Waals surface area contributed by atoms with E-state index < -0.39 is 5.97 Å². The first-order valence-corrected chi connectivity index (χ1v) is 8.19. The van der Waals surface area contributed by atoms with Crippen LogP contribution in [0.15, 0.2) is 24.3 Å². The maximum Gasteiger partial charge on any atom is 0.306 e. The van der Waals surface area contributed by atoms with Gasteiger partial charge in [0.1, 0.15) is 0 Å². The van der Waals surface area contributed by atoms with Crippen molar-refractivity contribution in [3.05, 3.63) is 34.9 Å². The van der Waals surface area contributed by atoms with E-state index in [1.165, 1.54) is 5.56 Å². The van der Waals surface area contributed by atoms with Crippen LogP contribution in [0.2, 0.25) is 5.02 Å². The molecule has 1 unspecified atom stereocenters. The van der Waals surface area contributed by atoms with E-state index in [0.717, 1.165) is 43.7 Å². The normalized spacial score (nSPS) is 23.7. The predicted octanol–water partition coefficient (Wildman–Crippen LogP) is 4.27. The number of hydrogen-bond donors (Lipinski definition) is 2. The van der Waals surface area contributed by atoms with Crippen molar-refractivity contribution < 1.29 is 9.90 Å². The summed E-state index contributed by atoms with van der Waals surface area (Å²) in [5.41, 5.74) is 1.23. The number of carboxylic acids is 1. The third-order valence-electron chi connectivity index (χ3n) is 4.51. The second kappa shape index (κ2) is 7.81. The molecule has 2 rings (SSSR count). The van der Waals surface area contributed by atoms with Crippen molar-refractivity contribution in [1.29, 1.82) is 0 Å². The summed E-state index contributed by atoms with van der Waals surface area (Å²) >= 11 is 6.06. The fourth-order valence-corrected chi connectivity index (χ4v) is 3.34. The van der Waals surface area contributed by atoms with Crippen molar-refractivity contribution in [3.63, 3.8) is 0 Å². The van der Waals surface area contributed by atoms with Crippen molar-refractivity contribution >= 4 is 17.6 Å². The molecule has 0 spiro atoms. The van der Waals surface area contributed by atoms with E-state index in [2.05, 4.69) is 18.3 Å². The predicted molar refractivity (Wildman–Crippen MR) is 85.6 cm³/mol. The number of hydrogen-bond acceptors (Lipinski definition) is 2. The first-order valence-electron chi connectivity index (χ1n) is 7.81. The Morgan fingerprint density at radius 3 is 2.67 bits per heavy atom. The Morgan fingerprint density at radius 2 is 2.10 bits per heavy atom. The van der Waals surface area contributed by atoms with Crippen LogP contribution in [0.4, 0.5) is 0 Å². The number of carbonyl (C=O) groups is 1. The zero-order chi connectivity index (χ0) is 15.2. The monoisotopic (exact) mass is 309 g/mol. The Bertz CT molecular complexity index is 470. The molecule has 3 nitrogen and oxygen atoms in total. The van der Waals surface area contributed by atoms with Crippen LogP contribution >= 0.6 is 11.6 Å². The maximum atomic E-state index is 11.0. The van der Waals surface area contributed by atoms with Crippen molar-refractivity contribution in [2.75, 3.05) is 6.54 Å². The summed E-state index contributed by atoms with van der Waals surface area (Å²) in [6.45, 7) is 3.12. The maximum absolute atomic E-state index is 11.0. The molecule has 0 saturated heterocycles. The average Bonchev–Trinajstić information content (AvgIpc) is 2.48. The molecule has 0 aromatic heterocycles. The van der Waals surface area contributed by atoms with E-state index >= 15 is 0 Å². The quantitative estimate of drug-likeness (QED) is 0.825. The Kier molecular flexibility index (Phi) is 6.07. The second-order valence-electron chi connectivity index (χ2n) is 5.98. The van der Waals surface area contributed by atoms with E-state index in [-0.39, 0.29) is 5.92 Å². The van der Waals surface area contributed by atoms with Crippen LogP contribution in [0.1, 0.15) is 50.6 Å². The standard InChI is InChI=1S/C17H24ClNO2/c1-2-16(14-4-3-5-15(18)10-14)19-11-12-6-8-13(9-7-12)17(20)21/h3-5,10,12-13,16,19H,2,6-9,11H2,1H3,(H,20,21). The number of carboxylic acid groups (broad SMARTS) is 1. The van der Waals surface area contributed by atoms with Gasteiger partial charge in [-0.05, 0) is 62.3 Å². The summed E-state index contributed by atoms with van der Waals surface area (Å²) < 4.78 is 0. The molecule has 1 aliphatic carbocycles. The fraction of sp³-hybridized carbons (Fsp3) is 0.588. The summed E-state index contributed by atoms with van der Waals surface area (Å²) in [6.07, 6.45) is 4.67. The minimum Gasteiger partial charge on any atom is -0.481 e. The van der Waals surface area contributed by atoms with Crippen molar-refractivity contribution in [2.24, 2.45) is 11.8 Å². The molecule has 116 valence electrons. The molecule has 0 heterocycles. The lowest BCUT2D eigenvalue weighted by molar-refractivity contribution is -0.143. The van der Waals surface area contributed by atoms with Crippen molar-refractivity contribution in [1.82, 2.24) is 5.32 Å². The highest BCUT2D eigenvalue weighted by Crippen LogP contribution is 2.29. The smallest absolute Gasteiger partial charge is 0.306 e. The highest BCUT2D eigenvalue weighted by molar-refractivity contribution is 6.30. The van der Waals surface area contributed by atoms with Gasteiger partial charge in [-0.3, -0.25) is 4.79 Å². The molecule has 1 saturated carbocycles.